The third-order valence-electron chi connectivity index (χ3n) is 3.44. The van der Waals surface area contributed by atoms with Crippen molar-refractivity contribution in [3.8, 4) is 0 Å². The predicted molar refractivity (Wildman–Crippen MR) is 82.6 cm³/mol. The highest BCUT2D eigenvalue weighted by Gasteiger charge is 2.22. The van der Waals surface area contributed by atoms with Crippen LogP contribution in [0.2, 0.25) is 0 Å². The second kappa shape index (κ2) is 7.31. The Morgan fingerprint density at radius 3 is 2.05 bits per heavy atom. The Balaban J connectivity index is 2.79. The molecule has 0 aliphatic rings. The van der Waals surface area contributed by atoms with Crippen LogP contribution in [-0.4, -0.2) is 34.1 Å². The van der Waals surface area contributed by atoms with Gasteiger partial charge in [-0.1, -0.05) is 27.7 Å². The van der Waals surface area contributed by atoms with Gasteiger partial charge in [0.15, 0.2) is 5.69 Å². The Labute approximate surface area is 121 Å². The summed E-state index contributed by atoms with van der Waals surface area (Å²) in [6, 6.07) is 0. The summed E-state index contributed by atoms with van der Waals surface area (Å²) in [4.78, 5) is 14.4. The lowest BCUT2D eigenvalue weighted by Crippen LogP contribution is -2.34. The molecule has 0 aliphatic heterocycles. The number of nitrogen functional groups attached to an aromatic ring is 1. The van der Waals surface area contributed by atoms with Gasteiger partial charge in [-0.3, -0.25) is 9.89 Å². The molecular formula is C15H28N4O. The molecule has 1 heterocycles. The summed E-state index contributed by atoms with van der Waals surface area (Å²) >= 11 is 0. The fraction of sp³-hybridized carbons (Fsp3) is 0.733. The van der Waals surface area contributed by atoms with Crippen LogP contribution >= 0.6 is 0 Å². The van der Waals surface area contributed by atoms with Crippen LogP contribution < -0.4 is 5.73 Å². The van der Waals surface area contributed by atoms with Gasteiger partial charge in [-0.15, -0.1) is 0 Å². The van der Waals surface area contributed by atoms with Crippen molar-refractivity contribution in [2.45, 2.75) is 47.5 Å². The number of hydrogen-bond donors (Lipinski definition) is 2. The first-order valence-electron chi connectivity index (χ1n) is 7.42. The lowest BCUT2D eigenvalue weighted by atomic mass is 10.1. The van der Waals surface area contributed by atoms with Crippen molar-refractivity contribution in [2.24, 2.45) is 11.8 Å². The molecule has 0 unspecified atom stereocenters. The highest BCUT2D eigenvalue weighted by atomic mass is 16.2. The number of aromatic amines is 1. The summed E-state index contributed by atoms with van der Waals surface area (Å²) in [6.07, 6.45) is 1.99. The zero-order valence-corrected chi connectivity index (χ0v) is 13.4. The lowest BCUT2D eigenvalue weighted by molar-refractivity contribution is 0.0736. The van der Waals surface area contributed by atoms with Gasteiger partial charge in [-0.25, -0.2) is 0 Å². The van der Waals surface area contributed by atoms with Gasteiger partial charge in [-0.2, -0.15) is 5.10 Å². The van der Waals surface area contributed by atoms with Crippen molar-refractivity contribution in [1.29, 1.82) is 0 Å². The number of carbonyl (C=O) groups is 1. The molecule has 20 heavy (non-hydrogen) atoms. The molecule has 5 heteroatoms. The van der Waals surface area contributed by atoms with Crippen LogP contribution in [0.1, 0.15) is 56.7 Å². The standard InChI is InChI=1S/C15H28N4O/c1-10(2)6-8-19(9-7-11(3)4)15(20)14-13(16)12(5)17-18-14/h10-11H,6-9,16H2,1-5H3,(H,17,18). The summed E-state index contributed by atoms with van der Waals surface area (Å²) in [5.74, 6) is 1.08. The third-order valence-corrected chi connectivity index (χ3v) is 3.44. The molecule has 114 valence electrons. The van der Waals surface area contributed by atoms with Crippen LogP contribution in [-0.2, 0) is 0 Å². The molecule has 1 aromatic rings. The molecule has 5 nitrogen and oxygen atoms in total. The summed E-state index contributed by atoms with van der Waals surface area (Å²) in [6.45, 7) is 12.0. The van der Waals surface area contributed by atoms with Crippen molar-refractivity contribution < 1.29 is 4.79 Å². The van der Waals surface area contributed by atoms with Gasteiger partial charge in [0.25, 0.3) is 5.91 Å². The number of anilines is 1. The van der Waals surface area contributed by atoms with Crippen molar-refractivity contribution >= 4 is 11.6 Å². The van der Waals surface area contributed by atoms with E-state index in [-0.39, 0.29) is 5.91 Å². The zero-order valence-electron chi connectivity index (χ0n) is 13.4. The van der Waals surface area contributed by atoms with E-state index in [1.54, 1.807) is 0 Å². The number of amides is 1. The van der Waals surface area contributed by atoms with Crippen molar-refractivity contribution in [2.75, 3.05) is 18.8 Å². The molecule has 0 saturated carbocycles. The molecule has 0 fully saturated rings. The molecule has 0 aliphatic carbocycles. The van der Waals surface area contributed by atoms with Crippen LogP contribution in [0.4, 0.5) is 5.69 Å². The van der Waals surface area contributed by atoms with E-state index >= 15 is 0 Å². The van der Waals surface area contributed by atoms with Gasteiger partial charge in [0.1, 0.15) is 0 Å². The molecule has 3 N–H and O–H groups in total. The molecule has 0 radical (unpaired) electrons. The number of aryl methyl sites for hydroxylation is 1. The maximum atomic E-state index is 12.6. The van der Waals surface area contributed by atoms with Crippen molar-refractivity contribution in [3.63, 3.8) is 0 Å². The Morgan fingerprint density at radius 1 is 1.20 bits per heavy atom. The SMILES string of the molecule is Cc1[nH]nc(C(=O)N(CCC(C)C)CCC(C)C)c1N. The van der Waals surface area contributed by atoms with E-state index in [2.05, 4.69) is 37.9 Å². The van der Waals surface area contributed by atoms with Gasteiger partial charge < -0.3 is 10.6 Å². The van der Waals surface area contributed by atoms with Crippen LogP contribution in [0.5, 0.6) is 0 Å². The number of nitrogens with zero attached hydrogens (tertiary/aromatic N) is 2. The molecule has 0 aromatic carbocycles. The van der Waals surface area contributed by atoms with Crippen LogP contribution in [0.25, 0.3) is 0 Å². The average molecular weight is 280 g/mol. The number of nitrogens with one attached hydrogen (secondary N) is 1. The van der Waals surface area contributed by atoms with Crippen LogP contribution in [0.15, 0.2) is 0 Å². The Bertz CT molecular complexity index is 425. The molecule has 0 bridgehead atoms. The molecule has 1 aromatic heterocycles. The summed E-state index contributed by atoms with van der Waals surface area (Å²) in [5, 5.41) is 6.83. The minimum atomic E-state index is -0.0619. The van der Waals surface area contributed by atoms with Gasteiger partial charge in [0.2, 0.25) is 0 Å². The summed E-state index contributed by atoms with van der Waals surface area (Å²) in [7, 11) is 0. The van der Waals surface area contributed by atoms with E-state index in [1.807, 2.05) is 11.8 Å². The van der Waals surface area contributed by atoms with E-state index in [4.69, 9.17) is 5.73 Å². The molecule has 0 atom stereocenters. The first-order valence-corrected chi connectivity index (χ1v) is 7.42. The predicted octanol–water partition coefficient (Wildman–Crippen LogP) is 2.83. The van der Waals surface area contributed by atoms with E-state index in [0.29, 0.717) is 23.2 Å². The second-order valence-electron chi connectivity index (χ2n) is 6.27. The van der Waals surface area contributed by atoms with Gasteiger partial charge >= 0.3 is 0 Å². The largest absolute Gasteiger partial charge is 0.395 e. The van der Waals surface area contributed by atoms with E-state index in [1.165, 1.54) is 0 Å². The van der Waals surface area contributed by atoms with Crippen LogP contribution in [0.3, 0.4) is 0 Å². The quantitative estimate of drug-likeness (QED) is 0.806. The van der Waals surface area contributed by atoms with E-state index in [0.717, 1.165) is 31.6 Å². The minimum Gasteiger partial charge on any atom is -0.395 e. The Hall–Kier alpha value is -1.52. The highest BCUT2D eigenvalue weighted by Crippen LogP contribution is 2.16. The molecule has 1 rings (SSSR count). The molecule has 0 spiro atoms. The highest BCUT2D eigenvalue weighted by molar-refractivity contribution is 5.97. The van der Waals surface area contributed by atoms with Gasteiger partial charge in [0, 0.05) is 13.1 Å². The van der Waals surface area contributed by atoms with E-state index < -0.39 is 0 Å². The molecular weight excluding hydrogens is 252 g/mol. The number of hydrogen-bond acceptors (Lipinski definition) is 3. The Kier molecular flexibility index (Phi) is 6.05. The van der Waals surface area contributed by atoms with Gasteiger partial charge in [0.05, 0.1) is 11.4 Å². The Morgan fingerprint density at radius 2 is 1.70 bits per heavy atom. The lowest BCUT2D eigenvalue weighted by Gasteiger charge is -2.24. The van der Waals surface area contributed by atoms with E-state index in [9.17, 15) is 4.79 Å². The number of aromatic nitrogens is 2. The smallest absolute Gasteiger partial charge is 0.276 e. The average Bonchev–Trinajstić information content (AvgIpc) is 2.69. The molecule has 1 amide bonds. The van der Waals surface area contributed by atoms with Crippen molar-refractivity contribution in [3.05, 3.63) is 11.4 Å². The first kappa shape index (κ1) is 16.5. The maximum absolute atomic E-state index is 12.6. The second-order valence-corrected chi connectivity index (χ2v) is 6.27. The third kappa shape index (κ3) is 4.54. The fourth-order valence-electron chi connectivity index (χ4n) is 1.89. The summed E-state index contributed by atoms with van der Waals surface area (Å²) < 4.78 is 0. The summed E-state index contributed by atoms with van der Waals surface area (Å²) in [5.41, 5.74) is 7.49. The van der Waals surface area contributed by atoms with Gasteiger partial charge in [-0.05, 0) is 31.6 Å². The molecule has 0 saturated heterocycles. The normalized spacial score (nSPS) is 11.3. The first-order chi connectivity index (χ1) is 9.32. The number of H-pyrrole nitrogens is 1. The van der Waals surface area contributed by atoms with Crippen molar-refractivity contribution in [1.82, 2.24) is 15.1 Å². The maximum Gasteiger partial charge on any atom is 0.276 e. The monoisotopic (exact) mass is 280 g/mol. The minimum absolute atomic E-state index is 0.0619. The number of carbonyl (C=O) groups excluding carboxylic acids is 1. The zero-order chi connectivity index (χ0) is 15.3. The number of nitrogens with two attached hydrogens (primary N) is 1. The number of rotatable bonds is 7. The fourth-order valence-corrected chi connectivity index (χ4v) is 1.89. The van der Waals surface area contributed by atoms with Crippen LogP contribution in [0, 0.1) is 18.8 Å². The topological polar surface area (TPSA) is 75.0 Å².